The van der Waals surface area contributed by atoms with Gasteiger partial charge in [0.2, 0.25) is 0 Å². The van der Waals surface area contributed by atoms with Crippen LogP contribution in [0.25, 0.3) is 5.70 Å². The molecule has 2 aliphatic rings. The molecule has 0 N–H and O–H groups in total. The van der Waals surface area contributed by atoms with Crippen molar-refractivity contribution in [1.29, 1.82) is 0 Å². The van der Waals surface area contributed by atoms with Gasteiger partial charge in [-0.05, 0) is 94.9 Å². The maximum atomic E-state index is 6.13. The molecule has 0 amide bonds. The third kappa shape index (κ3) is 5.88. The van der Waals surface area contributed by atoms with Crippen molar-refractivity contribution in [1.82, 2.24) is 4.90 Å². The van der Waals surface area contributed by atoms with E-state index in [0.717, 1.165) is 41.2 Å². The molecule has 197 valence electrons. The summed E-state index contributed by atoms with van der Waals surface area (Å²) >= 11 is 4.71. The van der Waals surface area contributed by atoms with E-state index in [0.29, 0.717) is 5.92 Å². The van der Waals surface area contributed by atoms with Gasteiger partial charge in [-0.15, -0.1) is 0 Å². The molecule has 4 rings (SSSR count). The highest BCUT2D eigenvalue weighted by Crippen LogP contribution is 2.47. The summed E-state index contributed by atoms with van der Waals surface area (Å²) in [5.74, 6) is 1.20. The highest BCUT2D eigenvalue weighted by molar-refractivity contribution is 7.81. The first kappa shape index (κ1) is 28.0. The zero-order chi connectivity index (χ0) is 27.1. The fraction of sp³-hybridized carbons (Fsp3) is 0.531. The Labute approximate surface area is 231 Å². The molecular formula is C32H44BN2OS. The molecule has 2 aromatic rings. The minimum absolute atomic E-state index is 0.222. The van der Waals surface area contributed by atoms with Crippen LogP contribution in [-0.2, 0) is 4.65 Å². The van der Waals surface area contributed by atoms with Crippen molar-refractivity contribution in [2.45, 2.75) is 102 Å². The lowest BCUT2D eigenvalue weighted by atomic mass is 9.83. The molecule has 2 aromatic carbocycles. The highest BCUT2D eigenvalue weighted by Gasteiger charge is 2.36. The molecule has 1 aliphatic carbocycles. The van der Waals surface area contributed by atoms with Crippen molar-refractivity contribution in [3.63, 3.8) is 0 Å². The van der Waals surface area contributed by atoms with Gasteiger partial charge in [0.1, 0.15) is 0 Å². The molecule has 1 heterocycles. The summed E-state index contributed by atoms with van der Waals surface area (Å²) in [6.07, 6.45) is 4.59. The van der Waals surface area contributed by atoms with E-state index in [-0.39, 0.29) is 10.8 Å². The van der Waals surface area contributed by atoms with E-state index in [9.17, 15) is 0 Å². The van der Waals surface area contributed by atoms with Gasteiger partial charge >= 0.3 is 7.48 Å². The average Bonchev–Trinajstić information content (AvgIpc) is 3.69. The second-order valence-corrected chi connectivity index (χ2v) is 13.2. The van der Waals surface area contributed by atoms with Gasteiger partial charge < -0.3 is 9.55 Å². The molecule has 1 fully saturated rings. The SMILES string of the molecule is C=C1c2cccc(C3CC3)c2C(C)CC(C(CC)=Nc2ccc([B]OC(C)(C)C(C)(C)S)cc2C)N1C. The lowest BCUT2D eigenvalue weighted by molar-refractivity contribution is 0.0854. The molecule has 0 aromatic heterocycles. The number of fused-ring (bicyclic) bond motifs is 1. The number of thiol groups is 1. The topological polar surface area (TPSA) is 24.8 Å². The van der Waals surface area contributed by atoms with Crippen LogP contribution in [0.3, 0.4) is 0 Å². The molecule has 3 nitrogen and oxygen atoms in total. The number of aliphatic imine (C=N–C) groups is 1. The fourth-order valence-electron chi connectivity index (χ4n) is 5.26. The number of nitrogens with zero attached hydrogens (tertiary/aromatic N) is 2. The van der Waals surface area contributed by atoms with Gasteiger partial charge in [-0.2, -0.15) is 12.6 Å². The molecule has 0 bridgehead atoms. The third-order valence-electron chi connectivity index (χ3n) is 8.63. The zero-order valence-corrected chi connectivity index (χ0v) is 25.0. The van der Waals surface area contributed by atoms with Gasteiger partial charge in [-0.25, -0.2) is 0 Å². The van der Waals surface area contributed by atoms with Crippen molar-refractivity contribution in [3.05, 3.63) is 65.2 Å². The second kappa shape index (κ2) is 10.7. The van der Waals surface area contributed by atoms with Gasteiger partial charge in [0.15, 0.2) is 0 Å². The Kier molecular flexibility index (Phi) is 8.07. The minimum atomic E-state index is -0.393. The summed E-state index contributed by atoms with van der Waals surface area (Å²) in [4.78, 5) is 7.62. The normalized spacial score (nSPS) is 21.1. The fourth-order valence-corrected chi connectivity index (χ4v) is 5.32. The van der Waals surface area contributed by atoms with E-state index in [2.05, 4.69) is 103 Å². The monoisotopic (exact) mass is 515 g/mol. The molecule has 1 aliphatic heterocycles. The number of rotatable bonds is 8. The third-order valence-corrected chi connectivity index (χ3v) is 9.16. The lowest BCUT2D eigenvalue weighted by Crippen LogP contribution is -2.45. The van der Waals surface area contributed by atoms with Crippen molar-refractivity contribution in [2.75, 3.05) is 7.05 Å². The van der Waals surface area contributed by atoms with Crippen LogP contribution in [0.1, 0.15) is 101 Å². The lowest BCUT2D eigenvalue weighted by Gasteiger charge is -2.38. The van der Waals surface area contributed by atoms with E-state index in [4.69, 9.17) is 22.3 Å². The van der Waals surface area contributed by atoms with Crippen LogP contribution < -0.4 is 5.46 Å². The minimum Gasteiger partial charge on any atom is -0.428 e. The van der Waals surface area contributed by atoms with Gasteiger partial charge in [-0.3, -0.25) is 4.99 Å². The number of aryl methyl sites for hydroxylation is 1. The van der Waals surface area contributed by atoms with Crippen LogP contribution in [0.15, 0.2) is 48.0 Å². The van der Waals surface area contributed by atoms with Crippen LogP contribution in [0.4, 0.5) is 5.69 Å². The summed E-state index contributed by atoms with van der Waals surface area (Å²) in [7, 11) is 4.04. The highest BCUT2D eigenvalue weighted by atomic mass is 32.1. The van der Waals surface area contributed by atoms with Crippen LogP contribution >= 0.6 is 12.6 Å². The molecule has 0 saturated heterocycles. The van der Waals surface area contributed by atoms with Crippen LogP contribution in [0.2, 0.25) is 0 Å². The largest absolute Gasteiger partial charge is 0.428 e. The van der Waals surface area contributed by atoms with Crippen LogP contribution in [0.5, 0.6) is 0 Å². The van der Waals surface area contributed by atoms with Crippen molar-refractivity contribution in [2.24, 2.45) is 4.99 Å². The van der Waals surface area contributed by atoms with E-state index in [1.54, 1.807) is 5.56 Å². The smallest absolute Gasteiger partial charge is 0.330 e. The van der Waals surface area contributed by atoms with Gasteiger partial charge in [0, 0.05) is 28.8 Å². The molecule has 37 heavy (non-hydrogen) atoms. The summed E-state index contributed by atoms with van der Waals surface area (Å²) in [5, 5.41) is 0. The Morgan fingerprint density at radius 2 is 1.89 bits per heavy atom. The van der Waals surface area contributed by atoms with E-state index in [1.165, 1.54) is 29.7 Å². The Morgan fingerprint density at radius 1 is 1.19 bits per heavy atom. The van der Waals surface area contributed by atoms with Gasteiger partial charge in [-0.1, -0.05) is 56.2 Å². The molecule has 1 radical (unpaired) electrons. The molecular weight excluding hydrogens is 471 g/mol. The molecule has 2 atom stereocenters. The van der Waals surface area contributed by atoms with Crippen molar-refractivity contribution in [3.8, 4) is 0 Å². The van der Waals surface area contributed by atoms with E-state index in [1.807, 2.05) is 7.48 Å². The molecule has 5 heteroatoms. The zero-order valence-electron chi connectivity index (χ0n) is 24.1. The Bertz CT molecular complexity index is 1190. The maximum absolute atomic E-state index is 6.13. The van der Waals surface area contributed by atoms with E-state index >= 15 is 0 Å². The first-order valence-corrected chi connectivity index (χ1v) is 14.2. The Balaban J connectivity index is 1.58. The average molecular weight is 516 g/mol. The number of hydrogen-bond donors (Lipinski definition) is 1. The van der Waals surface area contributed by atoms with Crippen LogP contribution in [-0.4, -0.2) is 41.5 Å². The van der Waals surface area contributed by atoms with Crippen molar-refractivity contribution >= 4 is 42.7 Å². The van der Waals surface area contributed by atoms with Crippen LogP contribution in [0, 0.1) is 6.92 Å². The van der Waals surface area contributed by atoms with Gasteiger partial charge in [0.25, 0.3) is 0 Å². The van der Waals surface area contributed by atoms with Crippen molar-refractivity contribution < 1.29 is 4.65 Å². The molecule has 2 unspecified atom stereocenters. The van der Waals surface area contributed by atoms with Gasteiger partial charge in [0.05, 0.1) is 17.3 Å². The number of hydrogen-bond acceptors (Lipinski definition) is 4. The molecule has 1 saturated carbocycles. The Hall–Kier alpha value is -1.98. The quantitative estimate of drug-likeness (QED) is 0.223. The molecule has 0 spiro atoms. The first-order chi connectivity index (χ1) is 17.3. The first-order valence-electron chi connectivity index (χ1n) is 13.8. The summed E-state index contributed by atoms with van der Waals surface area (Å²) < 4.78 is 5.87. The maximum Gasteiger partial charge on any atom is 0.330 e. The van der Waals surface area contributed by atoms with E-state index < -0.39 is 5.60 Å². The standard InChI is InChI=1S/C32H44BN2OS/c1-10-27(34-28-17-16-24(18-20(28)2)33-36-31(5,6)32(7,8)37)29-19-21(3)30-25(22(4)35(29)9)12-11-13-26(30)23-14-15-23/h11-13,16-18,21,23,29,37H,4,10,14-15,19H2,1-3,5-9H3. The predicted molar refractivity (Wildman–Crippen MR) is 164 cm³/mol. The Morgan fingerprint density at radius 3 is 2.49 bits per heavy atom. The second-order valence-electron chi connectivity index (χ2n) is 12.1. The summed E-state index contributed by atoms with van der Waals surface area (Å²) in [5.41, 5.74) is 9.52. The summed E-state index contributed by atoms with van der Waals surface area (Å²) in [6.45, 7) is 19.6. The summed E-state index contributed by atoms with van der Waals surface area (Å²) in [6, 6.07) is 13.4. The predicted octanol–water partition coefficient (Wildman–Crippen LogP) is 7.58. The number of benzene rings is 2.